The van der Waals surface area contributed by atoms with Crippen molar-refractivity contribution in [1.82, 2.24) is 25.1 Å². The van der Waals surface area contributed by atoms with Crippen LogP contribution in [0.15, 0.2) is 0 Å². The molecule has 7 heteroatoms. The van der Waals surface area contributed by atoms with Crippen LogP contribution in [0.25, 0.3) is 4.96 Å². The first-order valence-electron chi connectivity index (χ1n) is 6.42. The Bertz CT molecular complexity index is 553. The van der Waals surface area contributed by atoms with E-state index >= 15 is 0 Å². The van der Waals surface area contributed by atoms with Crippen LogP contribution in [0.2, 0.25) is 0 Å². The van der Waals surface area contributed by atoms with E-state index in [0.717, 1.165) is 43.5 Å². The highest BCUT2D eigenvalue weighted by atomic mass is 32.1. The molecule has 0 spiro atoms. The van der Waals surface area contributed by atoms with Crippen LogP contribution in [0.3, 0.4) is 0 Å². The lowest BCUT2D eigenvalue weighted by Gasteiger charge is -2.03. The summed E-state index contributed by atoms with van der Waals surface area (Å²) in [7, 11) is 0. The van der Waals surface area contributed by atoms with E-state index in [1.54, 1.807) is 11.3 Å². The second kappa shape index (κ2) is 4.25. The second-order valence-electron chi connectivity index (χ2n) is 4.94. The first-order chi connectivity index (χ1) is 8.92. The summed E-state index contributed by atoms with van der Waals surface area (Å²) in [6.45, 7) is 3.70. The minimum atomic E-state index is 0.358. The van der Waals surface area contributed by atoms with Crippen molar-refractivity contribution in [3.8, 4) is 0 Å². The minimum Gasteiger partial charge on any atom is -0.381 e. The molecule has 2 saturated heterocycles. The summed E-state index contributed by atoms with van der Waals surface area (Å²) in [5.74, 6) is 1.87. The normalized spacial score (nSPS) is 28.4. The molecule has 96 valence electrons. The first kappa shape index (κ1) is 10.8. The fraction of sp³-hybridized carbons (Fsp3) is 0.727. The molecule has 2 unspecified atom stereocenters. The highest BCUT2D eigenvalue weighted by Crippen LogP contribution is 2.29. The van der Waals surface area contributed by atoms with Gasteiger partial charge in [-0.1, -0.05) is 11.3 Å². The average Bonchev–Trinajstić information content (AvgIpc) is 3.13. The van der Waals surface area contributed by atoms with Crippen LogP contribution in [-0.4, -0.2) is 46.1 Å². The fourth-order valence-electron chi connectivity index (χ4n) is 2.67. The lowest BCUT2D eigenvalue weighted by molar-refractivity contribution is 0.193. The third-order valence-electron chi connectivity index (χ3n) is 3.74. The maximum Gasteiger partial charge on any atom is 0.234 e. The van der Waals surface area contributed by atoms with Gasteiger partial charge in [-0.3, -0.25) is 0 Å². The van der Waals surface area contributed by atoms with E-state index in [0.29, 0.717) is 11.8 Å². The Labute approximate surface area is 108 Å². The van der Waals surface area contributed by atoms with Crippen molar-refractivity contribution in [1.29, 1.82) is 0 Å². The molecule has 18 heavy (non-hydrogen) atoms. The third kappa shape index (κ3) is 1.65. The van der Waals surface area contributed by atoms with Gasteiger partial charge in [0, 0.05) is 25.0 Å². The van der Waals surface area contributed by atoms with Crippen LogP contribution < -0.4 is 5.32 Å². The monoisotopic (exact) mass is 265 g/mol. The molecule has 6 nitrogen and oxygen atoms in total. The number of aromatic nitrogens is 4. The number of hydrogen-bond donors (Lipinski definition) is 1. The van der Waals surface area contributed by atoms with Crippen molar-refractivity contribution in [2.45, 2.75) is 24.7 Å². The van der Waals surface area contributed by atoms with Crippen molar-refractivity contribution in [2.75, 3.05) is 26.3 Å². The molecule has 1 N–H and O–H groups in total. The Balaban J connectivity index is 1.71. The van der Waals surface area contributed by atoms with Crippen molar-refractivity contribution >= 4 is 16.3 Å². The van der Waals surface area contributed by atoms with Crippen LogP contribution in [0, 0.1) is 0 Å². The average molecular weight is 265 g/mol. The van der Waals surface area contributed by atoms with Gasteiger partial charge in [-0.25, -0.2) is 0 Å². The van der Waals surface area contributed by atoms with Gasteiger partial charge in [-0.2, -0.15) is 9.61 Å². The SMILES string of the molecule is C1CC(c2nn3c(C4CCOC4)nnc3s2)CN1. The number of rotatable bonds is 2. The molecule has 4 rings (SSSR count). The molecule has 2 atom stereocenters. The van der Waals surface area contributed by atoms with Gasteiger partial charge >= 0.3 is 0 Å². The highest BCUT2D eigenvalue weighted by molar-refractivity contribution is 7.16. The molecule has 2 aliphatic heterocycles. The Morgan fingerprint density at radius 3 is 3.06 bits per heavy atom. The summed E-state index contributed by atoms with van der Waals surface area (Å²) in [5, 5.41) is 17.8. The van der Waals surface area contributed by atoms with Gasteiger partial charge in [0.15, 0.2) is 5.82 Å². The molecule has 2 aliphatic rings. The molecule has 2 fully saturated rings. The molecule has 0 saturated carbocycles. The van der Waals surface area contributed by atoms with E-state index in [4.69, 9.17) is 9.84 Å². The van der Waals surface area contributed by atoms with E-state index in [-0.39, 0.29) is 0 Å². The van der Waals surface area contributed by atoms with Crippen LogP contribution in [-0.2, 0) is 4.74 Å². The lowest BCUT2D eigenvalue weighted by Crippen LogP contribution is -2.09. The Hall–Kier alpha value is -1.05. The molecule has 2 aromatic rings. The number of nitrogens with zero attached hydrogens (tertiary/aromatic N) is 4. The largest absolute Gasteiger partial charge is 0.381 e. The maximum atomic E-state index is 5.42. The Kier molecular flexibility index (Phi) is 2.56. The smallest absolute Gasteiger partial charge is 0.234 e. The maximum absolute atomic E-state index is 5.42. The van der Waals surface area contributed by atoms with Gasteiger partial charge in [-0.05, 0) is 19.4 Å². The summed E-state index contributed by atoms with van der Waals surface area (Å²) < 4.78 is 7.35. The molecule has 4 heterocycles. The van der Waals surface area contributed by atoms with Crippen LogP contribution in [0.4, 0.5) is 0 Å². The standard InChI is InChI=1S/C11H15N5OS/c1-3-12-5-7(1)10-15-16-9(8-2-4-17-6-8)13-14-11(16)18-10/h7-8,12H,1-6H2. The van der Waals surface area contributed by atoms with Gasteiger partial charge in [0.25, 0.3) is 0 Å². The zero-order valence-corrected chi connectivity index (χ0v) is 10.8. The predicted octanol–water partition coefficient (Wildman–Crippen LogP) is 0.767. The Morgan fingerprint density at radius 2 is 2.28 bits per heavy atom. The van der Waals surface area contributed by atoms with Gasteiger partial charge in [0.2, 0.25) is 4.96 Å². The third-order valence-corrected chi connectivity index (χ3v) is 4.80. The van der Waals surface area contributed by atoms with Gasteiger partial charge < -0.3 is 10.1 Å². The quantitative estimate of drug-likeness (QED) is 0.869. The number of hydrogen-bond acceptors (Lipinski definition) is 6. The molecule has 0 aromatic carbocycles. The van der Waals surface area contributed by atoms with Crippen molar-refractivity contribution in [3.05, 3.63) is 10.8 Å². The Morgan fingerprint density at radius 1 is 1.28 bits per heavy atom. The highest BCUT2D eigenvalue weighted by Gasteiger charge is 2.27. The molecular formula is C11H15N5OS. The van der Waals surface area contributed by atoms with Crippen LogP contribution >= 0.6 is 11.3 Å². The summed E-state index contributed by atoms with van der Waals surface area (Å²) in [6.07, 6.45) is 2.20. The molecule has 0 bridgehead atoms. The van der Waals surface area contributed by atoms with Crippen molar-refractivity contribution < 1.29 is 4.74 Å². The zero-order chi connectivity index (χ0) is 11.9. The molecule has 0 aliphatic carbocycles. The van der Waals surface area contributed by atoms with E-state index in [1.165, 1.54) is 11.4 Å². The van der Waals surface area contributed by atoms with Gasteiger partial charge in [0.05, 0.1) is 6.61 Å². The zero-order valence-electron chi connectivity index (χ0n) is 10.0. The molecule has 0 amide bonds. The molecular weight excluding hydrogens is 250 g/mol. The van der Waals surface area contributed by atoms with Gasteiger partial charge in [-0.15, -0.1) is 10.2 Å². The van der Waals surface area contributed by atoms with Crippen LogP contribution in [0.5, 0.6) is 0 Å². The van der Waals surface area contributed by atoms with Crippen molar-refractivity contribution in [2.24, 2.45) is 0 Å². The van der Waals surface area contributed by atoms with E-state index in [2.05, 4.69) is 15.5 Å². The molecule has 2 aromatic heterocycles. The van der Waals surface area contributed by atoms with E-state index < -0.39 is 0 Å². The lowest BCUT2D eigenvalue weighted by atomic mass is 10.1. The van der Waals surface area contributed by atoms with E-state index in [1.807, 2.05) is 4.52 Å². The fourth-order valence-corrected chi connectivity index (χ4v) is 3.65. The summed E-state index contributed by atoms with van der Waals surface area (Å²) in [5.41, 5.74) is 0. The topological polar surface area (TPSA) is 64.3 Å². The summed E-state index contributed by atoms with van der Waals surface area (Å²) in [6, 6.07) is 0. The summed E-state index contributed by atoms with van der Waals surface area (Å²) >= 11 is 1.67. The van der Waals surface area contributed by atoms with E-state index in [9.17, 15) is 0 Å². The molecule has 0 radical (unpaired) electrons. The van der Waals surface area contributed by atoms with Crippen LogP contribution in [0.1, 0.15) is 35.5 Å². The number of nitrogens with one attached hydrogen (secondary N) is 1. The number of ether oxygens (including phenoxy) is 1. The predicted molar refractivity (Wildman–Crippen MR) is 67.1 cm³/mol. The minimum absolute atomic E-state index is 0.358. The summed E-state index contributed by atoms with van der Waals surface area (Å²) in [4.78, 5) is 0.916. The number of fused-ring (bicyclic) bond motifs is 1. The second-order valence-corrected chi connectivity index (χ2v) is 5.93. The first-order valence-corrected chi connectivity index (χ1v) is 7.24. The van der Waals surface area contributed by atoms with Gasteiger partial charge in [0.1, 0.15) is 5.01 Å². The van der Waals surface area contributed by atoms with Crippen molar-refractivity contribution in [3.63, 3.8) is 0 Å².